The largest absolute Gasteiger partial charge is 0.316 e. The molecule has 8 heteroatoms. The van der Waals surface area contributed by atoms with Crippen LogP contribution in [0.25, 0.3) is 16.6 Å². The van der Waals surface area contributed by atoms with Crippen molar-refractivity contribution in [2.75, 3.05) is 11.1 Å². The lowest BCUT2D eigenvalue weighted by Gasteiger charge is -2.16. The predicted molar refractivity (Wildman–Crippen MR) is 125 cm³/mol. The molecule has 0 aliphatic heterocycles. The van der Waals surface area contributed by atoms with Crippen molar-refractivity contribution in [2.45, 2.75) is 19.0 Å². The van der Waals surface area contributed by atoms with Gasteiger partial charge in [-0.15, -0.1) is 11.3 Å². The lowest BCUT2D eigenvalue weighted by molar-refractivity contribution is -0.113. The van der Waals surface area contributed by atoms with Gasteiger partial charge >= 0.3 is 0 Å². The van der Waals surface area contributed by atoms with Crippen molar-refractivity contribution in [3.63, 3.8) is 0 Å². The number of nitrogens with one attached hydrogen (secondary N) is 1. The molecule has 2 heterocycles. The Morgan fingerprint density at radius 1 is 1.19 bits per heavy atom. The highest BCUT2D eigenvalue weighted by Crippen LogP contribution is 2.26. The van der Waals surface area contributed by atoms with Crippen LogP contribution in [-0.2, 0) is 4.79 Å². The number of hydrogen-bond acceptors (Lipinski definition) is 6. The van der Waals surface area contributed by atoms with Crippen molar-refractivity contribution in [1.82, 2.24) is 9.55 Å². The van der Waals surface area contributed by atoms with Crippen LogP contribution in [0.3, 0.4) is 0 Å². The van der Waals surface area contributed by atoms with Gasteiger partial charge in [0, 0.05) is 0 Å². The van der Waals surface area contributed by atoms with E-state index in [9.17, 15) is 9.59 Å². The molecule has 0 spiro atoms. The second-order valence-electron chi connectivity index (χ2n) is 6.88. The molecule has 1 N–H and O–H groups in total. The summed E-state index contributed by atoms with van der Waals surface area (Å²) in [7, 11) is 0. The van der Waals surface area contributed by atoms with Crippen LogP contribution in [0, 0.1) is 25.2 Å². The molecular formula is C23H18N4O2S2. The predicted octanol–water partition coefficient (Wildman–Crippen LogP) is 4.67. The Labute approximate surface area is 187 Å². The van der Waals surface area contributed by atoms with Gasteiger partial charge in [0.05, 0.1) is 27.9 Å². The quantitative estimate of drug-likeness (QED) is 0.356. The maximum Gasteiger partial charge on any atom is 0.266 e. The van der Waals surface area contributed by atoms with Crippen LogP contribution in [0.15, 0.2) is 63.9 Å². The average molecular weight is 447 g/mol. The molecule has 31 heavy (non-hydrogen) atoms. The summed E-state index contributed by atoms with van der Waals surface area (Å²) in [5.74, 6) is -0.211. The smallest absolute Gasteiger partial charge is 0.266 e. The molecule has 2 aromatic carbocycles. The zero-order valence-corrected chi connectivity index (χ0v) is 18.5. The van der Waals surface area contributed by atoms with Gasteiger partial charge < -0.3 is 5.32 Å². The minimum atomic E-state index is -0.265. The molecule has 154 valence electrons. The second kappa shape index (κ2) is 8.76. The number of thiophene rings is 1. The highest BCUT2D eigenvalue weighted by molar-refractivity contribution is 7.99. The summed E-state index contributed by atoms with van der Waals surface area (Å²) in [6.45, 7) is 3.96. The molecule has 2 aromatic heterocycles. The van der Waals surface area contributed by atoms with E-state index in [2.05, 4.69) is 16.4 Å². The number of amides is 1. The lowest BCUT2D eigenvalue weighted by atomic mass is 10.1. The van der Waals surface area contributed by atoms with Gasteiger partial charge in [0.2, 0.25) is 5.91 Å². The second-order valence-corrected chi connectivity index (χ2v) is 8.74. The fourth-order valence-corrected chi connectivity index (χ4v) is 4.75. The van der Waals surface area contributed by atoms with E-state index in [0.717, 1.165) is 16.8 Å². The van der Waals surface area contributed by atoms with Crippen molar-refractivity contribution in [3.8, 4) is 11.8 Å². The van der Waals surface area contributed by atoms with Crippen LogP contribution in [0.4, 0.5) is 5.00 Å². The molecule has 0 radical (unpaired) electrons. The first-order valence-corrected chi connectivity index (χ1v) is 11.3. The average Bonchev–Trinajstić information content (AvgIpc) is 3.22. The number of nitrogens with zero attached hydrogens (tertiary/aromatic N) is 3. The van der Waals surface area contributed by atoms with Crippen molar-refractivity contribution >= 4 is 44.9 Å². The SMILES string of the molecule is Cc1cccc(-n2c(SCC(=O)Nc3sccc3C#N)nc3ccccc3c2=O)c1C. The molecule has 0 aliphatic carbocycles. The number of benzene rings is 2. The number of carbonyl (C=O) groups is 1. The van der Waals surface area contributed by atoms with Crippen molar-refractivity contribution in [3.05, 3.63) is 81.0 Å². The third-order valence-electron chi connectivity index (χ3n) is 4.93. The highest BCUT2D eigenvalue weighted by Gasteiger charge is 2.17. The van der Waals surface area contributed by atoms with Gasteiger partial charge in [0.15, 0.2) is 5.16 Å². The van der Waals surface area contributed by atoms with E-state index in [1.807, 2.05) is 44.2 Å². The van der Waals surface area contributed by atoms with E-state index in [-0.39, 0.29) is 17.2 Å². The van der Waals surface area contributed by atoms with Gasteiger partial charge in [-0.1, -0.05) is 36.0 Å². The van der Waals surface area contributed by atoms with Crippen LogP contribution in [-0.4, -0.2) is 21.2 Å². The molecule has 4 rings (SSSR count). The van der Waals surface area contributed by atoms with Crippen molar-refractivity contribution in [2.24, 2.45) is 0 Å². The highest BCUT2D eigenvalue weighted by atomic mass is 32.2. The first-order valence-electron chi connectivity index (χ1n) is 9.48. The fraction of sp³-hybridized carbons (Fsp3) is 0.130. The third kappa shape index (κ3) is 4.10. The van der Waals surface area contributed by atoms with Gasteiger partial charge in [-0.3, -0.25) is 14.2 Å². The summed E-state index contributed by atoms with van der Waals surface area (Å²) in [6, 6.07) is 16.7. The van der Waals surface area contributed by atoms with E-state index >= 15 is 0 Å². The van der Waals surface area contributed by atoms with Crippen LogP contribution in [0.1, 0.15) is 16.7 Å². The number of aryl methyl sites for hydroxylation is 1. The van der Waals surface area contributed by atoms with Crippen LogP contribution >= 0.6 is 23.1 Å². The molecule has 4 aromatic rings. The van der Waals surface area contributed by atoms with Crippen LogP contribution in [0.2, 0.25) is 0 Å². The minimum absolute atomic E-state index is 0.0540. The molecule has 0 aliphatic rings. The maximum atomic E-state index is 13.4. The Hall–Kier alpha value is -3.41. The van der Waals surface area contributed by atoms with E-state index in [1.165, 1.54) is 23.1 Å². The van der Waals surface area contributed by atoms with Gasteiger partial charge in [0.25, 0.3) is 5.56 Å². The molecule has 0 bridgehead atoms. The standard InChI is InChI=1S/C23H18N4O2S2/c1-14-6-5-9-19(15(14)2)27-22(29)17-7-3-4-8-18(17)25-23(27)31-13-20(28)26-21-16(12-24)10-11-30-21/h3-11H,13H2,1-2H3,(H,26,28). The number of nitriles is 1. The number of fused-ring (bicyclic) bond motifs is 1. The Bertz CT molecular complexity index is 1400. The van der Waals surface area contributed by atoms with Crippen LogP contribution in [0.5, 0.6) is 0 Å². The molecule has 0 atom stereocenters. The topological polar surface area (TPSA) is 87.8 Å². The van der Waals surface area contributed by atoms with Gasteiger partial charge in [-0.05, 0) is 54.6 Å². The molecule has 0 saturated carbocycles. The fourth-order valence-electron chi connectivity index (χ4n) is 3.19. The molecule has 6 nitrogen and oxygen atoms in total. The number of para-hydroxylation sites is 1. The van der Waals surface area contributed by atoms with Crippen LogP contribution < -0.4 is 10.9 Å². The van der Waals surface area contributed by atoms with E-state index in [0.29, 0.717) is 26.6 Å². The van der Waals surface area contributed by atoms with Gasteiger partial charge in [-0.25, -0.2) is 4.98 Å². The Kier molecular flexibility index (Phi) is 5.89. The molecular weight excluding hydrogens is 428 g/mol. The summed E-state index contributed by atoms with van der Waals surface area (Å²) < 4.78 is 1.58. The van der Waals surface area contributed by atoms with Crippen molar-refractivity contribution in [1.29, 1.82) is 5.26 Å². The molecule has 0 unspecified atom stereocenters. The number of rotatable bonds is 5. The summed E-state index contributed by atoms with van der Waals surface area (Å²) in [5.41, 5.74) is 3.63. The van der Waals surface area contributed by atoms with E-state index < -0.39 is 0 Å². The number of aromatic nitrogens is 2. The number of carbonyl (C=O) groups excluding carboxylic acids is 1. The number of anilines is 1. The summed E-state index contributed by atoms with van der Waals surface area (Å²) in [6.07, 6.45) is 0. The zero-order valence-electron chi connectivity index (χ0n) is 16.9. The summed E-state index contributed by atoms with van der Waals surface area (Å²) >= 11 is 2.49. The van der Waals surface area contributed by atoms with Gasteiger partial charge in [-0.2, -0.15) is 5.26 Å². The van der Waals surface area contributed by atoms with Crippen molar-refractivity contribution < 1.29 is 4.79 Å². The number of hydrogen-bond donors (Lipinski definition) is 1. The molecule has 1 amide bonds. The maximum absolute atomic E-state index is 13.4. The van der Waals surface area contributed by atoms with Gasteiger partial charge in [0.1, 0.15) is 11.1 Å². The summed E-state index contributed by atoms with van der Waals surface area (Å²) in [4.78, 5) is 30.6. The van der Waals surface area contributed by atoms with E-state index in [4.69, 9.17) is 5.26 Å². The monoisotopic (exact) mass is 446 g/mol. The molecule has 0 saturated heterocycles. The number of thioether (sulfide) groups is 1. The zero-order chi connectivity index (χ0) is 22.0. The minimum Gasteiger partial charge on any atom is -0.316 e. The third-order valence-corrected chi connectivity index (χ3v) is 6.70. The Morgan fingerprint density at radius 2 is 2.00 bits per heavy atom. The summed E-state index contributed by atoms with van der Waals surface area (Å²) in [5, 5.41) is 15.1. The first-order chi connectivity index (χ1) is 15.0. The molecule has 0 fully saturated rings. The first kappa shape index (κ1) is 20.8. The Morgan fingerprint density at radius 3 is 2.81 bits per heavy atom. The Balaban J connectivity index is 1.73. The van der Waals surface area contributed by atoms with E-state index in [1.54, 1.807) is 28.1 Å². The normalized spacial score (nSPS) is 10.7. The lowest BCUT2D eigenvalue weighted by Crippen LogP contribution is -2.23.